The van der Waals surface area contributed by atoms with Crippen molar-refractivity contribution in [2.75, 3.05) is 13.7 Å². The maximum atomic E-state index is 12.8. The molecule has 0 aliphatic carbocycles. The van der Waals surface area contributed by atoms with Crippen molar-refractivity contribution in [3.05, 3.63) is 64.5 Å². The Bertz CT molecular complexity index is 1040. The number of halogens is 1. The molecular weight excluding hydrogens is 444 g/mol. The Kier molecular flexibility index (Phi) is 6.22. The SMILES string of the molecule is CCOc1ccc(-c2nc(CN(C)S(=O)(=O)c3ccc(Br)cc3)c(C)o2)cc1. The van der Waals surface area contributed by atoms with Gasteiger partial charge in [0.1, 0.15) is 11.5 Å². The number of ether oxygens (including phenoxy) is 1. The van der Waals surface area contributed by atoms with Crippen LogP contribution in [0.3, 0.4) is 0 Å². The fourth-order valence-electron chi connectivity index (χ4n) is 2.64. The summed E-state index contributed by atoms with van der Waals surface area (Å²) in [6.07, 6.45) is 0. The molecule has 0 radical (unpaired) electrons. The van der Waals surface area contributed by atoms with Crippen LogP contribution in [-0.2, 0) is 16.6 Å². The summed E-state index contributed by atoms with van der Waals surface area (Å²) in [5, 5.41) is 0. The number of rotatable bonds is 7. The van der Waals surface area contributed by atoms with Crippen molar-refractivity contribution in [3.8, 4) is 17.2 Å². The monoisotopic (exact) mass is 464 g/mol. The van der Waals surface area contributed by atoms with Gasteiger partial charge in [0, 0.05) is 17.1 Å². The van der Waals surface area contributed by atoms with Crippen LogP contribution in [0, 0.1) is 6.92 Å². The molecule has 0 spiro atoms. The zero-order valence-electron chi connectivity index (χ0n) is 15.8. The Labute approximate surface area is 173 Å². The summed E-state index contributed by atoms with van der Waals surface area (Å²) in [4.78, 5) is 4.72. The van der Waals surface area contributed by atoms with E-state index in [0.29, 0.717) is 24.0 Å². The number of hydrogen-bond donors (Lipinski definition) is 0. The van der Waals surface area contributed by atoms with Crippen LogP contribution in [0.4, 0.5) is 0 Å². The minimum Gasteiger partial charge on any atom is -0.494 e. The lowest BCUT2D eigenvalue weighted by Crippen LogP contribution is -2.26. The lowest BCUT2D eigenvalue weighted by Gasteiger charge is -2.16. The summed E-state index contributed by atoms with van der Waals surface area (Å²) in [6.45, 7) is 4.42. The van der Waals surface area contributed by atoms with Crippen molar-refractivity contribution in [2.45, 2.75) is 25.3 Å². The van der Waals surface area contributed by atoms with Gasteiger partial charge in [-0.15, -0.1) is 0 Å². The highest BCUT2D eigenvalue weighted by molar-refractivity contribution is 9.10. The molecule has 0 amide bonds. The molecule has 0 atom stereocenters. The molecule has 148 valence electrons. The minimum absolute atomic E-state index is 0.116. The Balaban J connectivity index is 1.80. The molecule has 3 aromatic rings. The average Bonchev–Trinajstić information content (AvgIpc) is 3.03. The molecule has 0 aliphatic rings. The molecule has 0 aliphatic heterocycles. The maximum Gasteiger partial charge on any atom is 0.243 e. The summed E-state index contributed by atoms with van der Waals surface area (Å²) >= 11 is 3.31. The first-order valence-electron chi connectivity index (χ1n) is 8.72. The van der Waals surface area contributed by atoms with Gasteiger partial charge in [-0.3, -0.25) is 0 Å². The van der Waals surface area contributed by atoms with Crippen LogP contribution in [0.25, 0.3) is 11.5 Å². The molecular formula is C20H21BrN2O4S. The zero-order chi connectivity index (χ0) is 20.3. The largest absolute Gasteiger partial charge is 0.494 e. The summed E-state index contributed by atoms with van der Waals surface area (Å²) in [5.74, 6) is 1.81. The predicted octanol–water partition coefficient (Wildman–Crippen LogP) is 4.63. The molecule has 8 heteroatoms. The number of oxazole rings is 1. The fourth-order valence-corrected chi connectivity index (χ4v) is 4.04. The van der Waals surface area contributed by atoms with E-state index in [9.17, 15) is 8.42 Å². The van der Waals surface area contributed by atoms with Gasteiger partial charge < -0.3 is 9.15 Å². The van der Waals surface area contributed by atoms with E-state index in [2.05, 4.69) is 20.9 Å². The van der Waals surface area contributed by atoms with Crippen molar-refractivity contribution in [1.29, 1.82) is 0 Å². The molecule has 0 unspecified atom stereocenters. The Morgan fingerprint density at radius 3 is 2.36 bits per heavy atom. The summed E-state index contributed by atoms with van der Waals surface area (Å²) in [7, 11) is -2.09. The third-order valence-corrected chi connectivity index (χ3v) is 6.55. The van der Waals surface area contributed by atoms with Crippen LogP contribution in [-0.4, -0.2) is 31.4 Å². The Morgan fingerprint density at radius 1 is 1.11 bits per heavy atom. The highest BCUT2D eigenvalue weighted by Gasteiger charge is 2.23. The van der Waals surface area contributed by atoms with Gasteiger partial charge in [0.2, 0.25) is 15.9 Å². The van der Waals surface area contributed by atoms with Crippen LogP contribution < -0.4 is 4.74 Å². The van der Waals surface area contributed by atoms with Gasteiger partial charge in [0.25, 0.3) is 0 Å². The van der Waals surface area contributed by atoms with Crippen molar-refractivity contribution in [1.82, 2.24) is 9.29 Å². The van der Waals surface area contributed by atoms with E-state index >= 15 is 0 Å². The van der Waals surface area contributed by atoms with E-state index in [1.807, 2.05) is 31.2 Å². The molecule has 0 bridgehead atoms. The summed E-state index contributed by atoms with van der Waals surface area (Å²) < 4.78 is 38.8. The summed E-state index contributed by atoms with van der Waals surface area (Å²) in [6, 6.07) is 14.0. The fraction of sp³-hybridized carbons (Fsp3) is 0.250. The quantitative estimate of drug-likeness (QED) is 0.509. The van der Waals surface area contributed by atoms with E-state index in [4.69, 9.17) is 9.15 Å². The first kappa shape index (κ1) is 20.6. The molecule has 3 rings (SSSR count). The molecule has 0 saturated heterocycles. The molecule has 0 fully saturated rings. The van der Waals surface area contributed by atoms with Crippen molar-refractivity contribution < 1.29 is 17.6 Å². The average molecular weight is 465 g/mol. The molecule has 1 aromatic heterocycles. The van der Waals surface area contributed by atoms with Crippen molar-refractivity contribution >= 4 is 26.0 Å². The minimum atomic E-state index is -3.62. The lowest BCUT2D eigenvalue weighted by atomic mass is 10.2. The first-order chi connectivity index (χ1) is 13.3. The normalized spacial score (nSPS) is 11.8. The molecule has 6 nitrogen and oxygen atoms in total. The third kappa shape index (κ3) is 4.45. The molecule has 1 heterocycles. The Morgan fingerprint density at radius 2 is 1.75 bits per heavy atom. The second-order valence-corrected chi connectivity index (χ2v) is 9.15. The number of sulfonamides is 1. The topological polar surface area (TPSA) is 72.6 Å². The standard InChI is InChI=1S/C20H21BrN2O4S/c1-4-26-17-9-5-15(6-10-17)20-22-19(14(2)27-20)13-23(3)28(24,25)18-11-7-16(21)8-12-18/h5-12H,4,13H2,1-3H3. The van der Waals surface area contributed by atoms with Gasteiger partial charge in [-0.1, -0.05) is 15.9 Å². The van der Waals surface area contributed by atoms with Gasteiger partial charge in [0.15, 0.2) is 0 Å². The molecule has 28 heavy (non-hydrogen) atoms. The van der Waals surface area contributed by atoms with E-state index in [1.165, 1.54) is 11.4 Å². The third-order valence-electron chi connectivity index (χ3n) is 4.20. The predicted molar refractivity (Wildman–Crippen MR) is 111 cm³/mol. The zero-order valence-corrected chi connectivity index (χ0v) is 18.2. The van der Waals surface area contributed by atoms with Gasteiger partial charge in [-0.25, -0.2) is 13.4 Å². The van der Waals surface area contributed by atoms with E-state index in [-0.39, 0.29) is 11.4 Å². The van der Waals surface area contributed by atoms with Gasteiger partial charge in [-0.2, -0.15) is 4.31 Å². The number of benzene rings is 2. The smallest absolute Gasteiger partial charge is 0.243 e. The lowest BCUT2D eigenvalue weighted by molar-refractivity contribution is 0.340. The second-order valence-electron chi connectivity index (χ2n) is 6.19. The summed E-state index contributed by atoms with van der Waals surface area (Å²) in [5.41, 5.74) is 1.38. The number of aryl methyl sites for hydroxylation is 1. The highest BCUT2D eigenvalue weighted by Crippen LogP contribution is 2.26. The molecule has 2 aromatic carbocycles. The van der Waals surface area contributed by atoms with E-state index in [1.54, 1.807) is 31.2 Å². The van der Waals surface area contributed by atoms with Gasteiger partial charge in [-0.05, 0) is 62.4 Å². The van der Waals surface area contributed by atoms with Crippen LogP contribution in [0.2, 0.25) is 0 Å². The van der Waals surface area contributed by atoms with Crippen LogP contribution in [0.15, 0.2) is 62.3 Å². The number of hydrogen-bond acceptors (Lipinski definition) is 5. The van der Waals surface area contributed by atoms with Crippen molar-refractivity contribution in [2.24, 2.45) is 0 Å². The maximum absolute atomic E-state index is 12.8. The Hall–Kier alpha value is -2.16. The van der Waals surface area contributed by atoms with Gasteiger partial charge in [0.05, 0.1) is 23.7 Å². The van der Waals surface area contributed by atoms with Crippen LogP contribution in [0.1, 0.15) is 18.4 Å². The van der Waals surface area contributed by atoms with E-state index in [0.717, 1.165) is 15.8 Å². The van der Waals surface area contributed by atoms with Crippen LogP contribution >= 0.6 is 15.9 Å². The molecule has 0 saturated carbocycles. The van der Waals surface area contributed by atoms with E-state index < -0.39 is 10.0 Å². The van der Waals surface area contributed by atoms with Crippen molar-refractivity contribution in [3.63, 3.8) is 0 Å². The van der Waals surface area contributed by atoms with Gasteiger partial charge >= 0.3 is 0 Å². The van der Waals surface area contributed by atoms with Crippen LogP contribution in [0.5, 0.6) is 5.75 Å². The first-order valence-corrected chi connectivity index (χ1v) is 11.0. The second kappa shape index (κ2) is 8.46. The number of aromatic nitrogens is 1. The highest BCUT2D eigenvalue weighted by atomic mass is 79.9. The number of nitrogens with zero attached hydrogens (tertiary/aromatic N) is 2. The molecule has 0 N–H and O–H groups in total.